The summed E-state index contributed by atoms with van der Waals surface area (Å²) in [7, 11) is 0. The fraction of sp³-hybridized carbons (Fsp3) is 0.333. The molecular weight excluding hydrogens is 188 g/mol. The molecule has 1 heterocycles. The van der Waals surface area contributed by atoms with Crippen molar-refractivity contribution in [1.82, 2.24) is 10.2 Å². The molecule has 0 aliphatic heterocycles. The van der Waals surface area contributed by atoms with Crippen LogP contribution in [0.4, 0.5) is 10.3 Å². The predicted molar refractivity (Wildman–Crippen MR) is 47.6 cm³/mol. The Balaban J connectivity index is 2.82. The van der Waals surface area contributed by atoms with Gasteiger partial charge in [0.15, 0.2) is 0 Å². The minimum atomic E-state index is -1.29. The van der Waals surface area contributed by atoms with Gasteiger partial charge in [0.05, 0.1) is 0 Å². The Morgan fingerprint density at radius 2 is 2.08 bits per heavy atom. The lowest BCUT2D eigenvalue weighted by Crippen LogP contribution is -2.30. The average molecular weight is 194 g/mol. The molecule has 1 aromatic heterocycles. The van der Waals surface area contributed by atoms with Gasteiger partial charge in [-0.3, -0.25) is 0 Å². The first kappa shape index (κ1) is 9.23. The summed E-state index contributed by atoms with van der Waals surface area (Å²) in [4.78, 5) is 0. The van der Waals surface area contributed by atoms with E-state index in [0.717, 1.165) is 11.3 Å². The minimum absolute atomic E-state index is 0.292. The van der Waals surface area contributed by atoms with Gasteiger partial charge in [0.2, 0.25) is 15.8 Å². The molecule has 0 bridgehead atoms. The Kier molecular flexibility index (Phi) is 2.31. The minimum Gasteiger partial charge on any atom is -0.374 e. The summed E-state index contributed by atoms with van der Waals surface area (Å²) in [6.45, 7) is 1.45. The van der Waals surface area contributed by atoms with Gasteiger partial charge in [-0.15, -0.1) is 10.2 Å². The number of nitriles is 2. The van der Waals surface area contributed by atoms with Crippen LogP contribution in [0.2, 0.25) is 0 Å². The zero-order chi connectivity index (χ0) is 9.90. The molecule has 0 aromatic carbocycles. The maximum absolute atomic E-state index is 8.64. The van der Waals surface area contributed by atoms with Crippen molar-refractivity contribution in [2.24, 2.45) is 0 Å². The lowest BCUT2D eigenvalue weighted by atomic mass is 10.1. The number of nitrogens with two attached hydrogens (primary N) is 1. The van der Waals surface area contributed by atoms with Crippen LogP contribution < -0.4 is 11.1 Å². The van der Waals surface area contributed by atoms with Crippen LogP contribution >= 0.6 is 11.3 Å². The van der Waals surface area contributed by atoms with Crippen molar-refractivity contribution in [2.75, 3.05) is 11.1 Å². The molecule has 0 fully saturated rings. The van der Waals surface area contributed by atoms with Crippen molar-refractivity contribution < 1.29 is 0 Å². The van der Waals surface area contributed by atoms with Crippen molar-refractivity contribution in [3.63, 3.8) is 0 Å². The average Bonchev–Trinajstić information content (AvgIpc) is 2.51. The smallest absolute Gasteiger partial charge is 0.211 e. The Labute approximate surface area is 78.6 Å². The van der Waals surface area contributed by atoms with Crippen LogP contribution in [-0.2, 0) is 0 Å². The van der Waals surface area contributed by atoms with E-state index < -0.39 is 5.54 Å². The normalized spacial score (nSPS) is 10.1. The molecule has 7 heteroatoms. The number of anilines is 2. The van der Waals surface area contributed by atoms with Crippen molar-refractivity contribution in [3.05, 3.63) is 0 Å². The first-order chi connectivity index (χ1) is 6.09. The Morgan fingerprint density at radius 3 is 2.46 bits per heavy atom. The molecule has 1 aromatic rings. The molecule has 0 atom stereocenters. The number of nitrogens with zero attached hydrogens (tertiary/aromatic N) is 4. The second-order valence-electron chi connectivity index (χ2n) is 2.42. The van der Waals surface area contributed by atoms with Gasteiger partial charge in [0, 0.05) is 0 Å². The largest absolute Gasteiger partial charge is 0.374 e. The Bertz CT molecular complexity index is 369. The third kappa shape index (κ3) is 2.04. The van der Waals surface area contributed by atoms with E-state index in [1.807, 2.05) is 12.1 Å². The number of aromatic nitrogens is 2. The van der Waals surface area contributed by atoms with Crippen molar-refractivity contribution in [3.8, 4) is 12.1 Å². The first-order valence-electron chi connectivity index (χ1n) is 3.29. The van der Waals surface area contributed by atoms with Gasteiger partial charge in [-0.1, -0.05) is 11.3 Å². The third-order valence-electron chi connectivity index (χ3n) is 1.24. The van der Waals surface area contributed by atoms with E-state index in [4.69, 9.17) is 16.3 Å². The summed E-state index contributed by atoms with van der Waals surface area (Å²) in [5, 5.41) is 27.7. The van der Waals surface area contributed by atoms with Gasteiger partial charge in [-0.05, 0) is 6.92 Å². The Hall–Kier alpha value is -1.86. The van der Waals surface area contributed by atoms with E-state index in [1.54, 1.807) is 0 Å². The predicted octanol–water partition coefficient (Wildman–Crippen LogP) is 0.338. The SMILES string of the molecule is CC(C#N)(C#N)Nc1nnc(N)s1. The molecule has 1 rings (SSSR count). The van der Waals surface area contributed by atoms with Gasteiger partial charge >= 0.3 is 0 Å². The fourth-order valence-corrected chi connectivity index (χ4v) is 1.20. The second-order valence-corrected chi connectivity index (χ2v) is 3.43. The maximum Gasteiger partial charge on any atom is 0.211 e. The lowest BCUT2D eigenvalue weighted by Gasteiger charge is -2.11. The van der Waals surface area contributed by atoms with E-state index in [9.17, 15) is 0 Å². The highest BCUT2D eigenvalue weighted by Crippen LogP contribution is 2.20. The van der Waals surface area contributed by atoms with Crippen molar-refractivity contribution in [1.29, 1.82) is 10.5 Å². The molecule has 0 spiro atoms. The van der Waals surface area contributed by atoms with E-state index >= 15 is 0 Å². The molecule has 0 aliphatic carbocycles. The van der Waals surface area contributed by atoms with Crippen LogP contribution in [0, 0.1) is 22.7 Å². The highest BCUT2D eigenvalue weighted by molar-refractivity contribution is 7.18. The second kappa shape index (κ2) is 3.25. The molecular formula is C6H6N6S. The summed E-state index contributed by atoms with van der Waals surface area (Å²) in [6, 6.07) is 3.62. The van der Waals surface area contributed by atoms with E-state index in [2.05, 4.69) is 15.5 Å². The molecule has 0 aliphatic rings. The number of hydrogen-bond donors (Lipinski definition) is 2. The first-order valence-corrected chi connectivity index (χ1v) is 4.11. The quantitative estimate of drug-likeness (QED) is 0.702. The van der Waals surface area contributed by atoms with Gasteiger partial charge in [-0.2, -0.15) is 10.5 Å². The van der Waals surface area contributed by atoms with Gasteiger partial charge in [0.25, 0.3) is 0 Å². The van der Waals surface area contributed by atoms with Crippen molar-refractivity contribution in [2.45, 2.75) is 12.5 Å². The highest BCUT2D eigenvalue weighted by atomic mass is 32.1. The van der Waals surface area contributed by atoms with Crippen LogP contribution in [0.1, 0.15) is 6.92 Å². The molecule has 0 amide bonds. The highest BCUT2D eigenvalue weighted by Gasteiger charge is 2.24. The summed E-state index contributed by atoms with van der Waals surface area (Å²) in [5.41, 5.74) is 4.03. The van der Waals surface area contributed by atoms with Crippen LogP contribution in [-0.4, -0.2) is 15.7 Å². The van der Waals surface area contributed by atoms with Crippen molar-refractivity contribution >= 4 is 21.6 Å². The number of nitrogen functional groups attached to an aromatic ring is 1. The van der Waals surface area contributed by atoms with E-state index in [0.29, 0.717) is 10.3 Å². The zero-order valence-corrected chi connectivity index (χ0v) is 7.59. The van der Waals surface area contributed by atoms with Gasteiger partial charge < -0.3 is 11.1 Å². The number of hydrogen-bond acceptors (Lipinski definition) is 7. The summed E-state index contributed by atoms with van der Waals surface area (Å²) in [5.74, 6) is 0. The fourth-order valence-electron chi connectivity index (χ4n) is 0.580. The van der Waals surface area contributed by atoms with Crippen LogP contribution in [0.25, 0.3) is 0 Å². The van der Waals surface area contributed by atoms with Crippen LogP contribution in [0.15, 0.2) is 0 Å². The molecule has 0 radical (unpaired) electrons. The summed E-state index contributed by atoms with van der Waals surface area (Å²) in [6.07, 6.45) is 0. The zero-order valence-electron chi connectivity index (χ0n) is 6.77. The van der Waals surface area contributed by atoms with E-state index in [1.165, 1.54) is 6.92 Å². The number of nitrogens with one attached hydrogen (secondary N) is 1. The molecule has 6 nitrogen and oxygen atoms in total. The number of rotatable bonds is 2. The Morgan fingerprint density at radius 1 is 1.46 bits per heavy atom. The molecule has 66 valence electrons. The molecule has 0 saturated carbocycles. The van der Waals surface area contributed by atoms with Crippen LogP contribution in [0.5, 0.6) is 0 Å². The monoisotopic (exact) mass is 194 g/mol. The molecule has 13 heavy (non-hydrogen) atoms. The molecule has 0 unspecified atom stereocenters. The lowest BCUT2D eigenvalue weighted by molar-refractivity contribution is 0.824. The molecule has 3 N–H and O–H groups in total. The van der Waals surface area contributed by atoms with Gasteiger partial charge in [-0.25, -0.2) is 0 Å². The third-order valence-corrected chi connectivity index (χ3v) is 1.91. The molecule has 0 saturated heterocycles. The standard InChI is InChI=1S/C6H6N6S/c1-6(2-7,3-8)10-5-12-11-4(9)13-5/h1H3,(H2,9,11)(H,10,12). The summed E-state index contributed by atoms with van der Waals surface area (Å²) < 4.78 is 0. The van der Waals surface area contributed by atoms with E-state index in [-0.39, 0.29) is 0 Å². The topological polar surface area (TPSA) is 111 Å². The van der Waals surface area contributed by atoms with Crippen LogP contribution in [0.3, 0.4) is 0 Å². The summed E-state index contributed by atoms with van der Waals surface area (Å²) >= 11 is 1.09. The van der Waals surface area contributed by atoms with Gasteiger partial charge in [0.1, 0.15) is 12.1 Å². The maximum atomic E-state index is 8.64.